The fraction of sp³-hybridized carbons (Fsp3) is 0.333. The first kappa shape index (κ1) is 33.1. The number of amides is 1. The molecule has 0 radical (unpaired) electrons. The van der Waals surface area contributed by atoms with E-state index >= 15 is 0 Å². The van der Waals surface area contributed by atoms with Gasteiger partial charge in [-0.2, -0.15) is 0 Å². The first-order valence-corrected chi connectivity index (χ1v) is 16.7. The zero-order valence-corrected chi connectivity index (χ0v) is 28.8. The van der Waals surface area contributed by atoms with Crippen molar-refractivity contribution >= 4 is 28.3 Å². The summed E-state index contributed by atoms with van der Waals surface area (Å²) < 4.78 is 22.6. The zero-order valence-electron chi connectivity index (χ0n) is 28.8. The topological polar surface area (TPSA) is 128 Å². The van der Waals surface area contributed by atoms with Gasteiger partial charge in [0.15, 0.2) is 0 Å². The van der Waals surface area contributed by atoms with Crippen LogP contribution in [0.15, 0.2) is 73.2 Å². The van der Waals surface area contributed by atoms with E-state index in [1.807, 2.05) is 67.7 Å². The molecule has 11 heteroatoms. The van der Waals surface area contributed by atoms with Crippen molar-refractivity contribution in [2.45, 2.75) is 39.0 Å². The second-order valence-electron chi connectivity index (χ2n) is 13.0. The monoisotopic (exact) mass is 675 g/mol. The van der Waals surface area contributed by atoms with Crippen molar-refractivity contribution in [1.82, 2.24) is 15.0 Å². The Morgan fingerprint density at radius 3 is 2.08 bits per heavy atom. The third kappa shape index (κ3) is 6.48. The van der Waals surface area contributed by atoms with E-state index in [1.54, 1.807) is 40.8 Å². The molecular formula is C39H41N5O6. The largest absolute Gasteiger partial charge is 0.497 e. The number of fused-ring (bicyclic) bond motifs is 2. The number of aromatic nitrogens is 3. The summed E-state index contributed by atoms with van der Waals surface area (Å²) in [5.41, 5.74) is 4.52. The number of aliphatic hydroxyl groups excluding tert-OH is 1. The van der Waals surface area contributed by atoms with Crippen molar-refractivity contribution in [3.8, 4) is 34.3 Å². The van der Waals surface area contributed by atoms with Crippen molar-refractivity contribution in [1.29, 1.82) is 0 Å². The summed E-state index contributed by atoms with van der Waals surface area (Å²) in [6.07, 6.45) is 6.43. The van der Waals surface area contributed by atoms with Gasteiger partial charge in [0, 0.05) is 71.8 Å². The van der Waals surface area contributed by atoms with Gasteiger partial charge in [0.1, 0.15) is 34.6 Å². The lowest BCUT2D eigenvalue weighted by Crippen LogP contribution is -2.24. The van der Waals surface area contributed by atoms with Gasteiger partial charge in [-0.1, -0.05) is 0 Å². The summed E-state index contributed by atoms with van der Waals surface area (Å²) in [5.74, 6) is 4.28. The quantitative estimate of drug-likeness (QED) is 0.158. The molecule has 7 rings (SSSR count). The Bertz CT molecular complexity index is 1980. The number of hydrogen-bond donors (Lipinski definition) is 2. The summed E-state index contributed by atoms with van der Waals surface area (Å²) in [5, 5.41) is 14.7. The fourth-order valence-electron chi connectivity index (χ4n) is 7.30. The Morgan fingerprint density at radius 1 is 0.860 bits per heavy atom. The van der Waals surface area contributed by atoms with Crippen LogP contribution in [0.4, 0.5) is 11.6 Å². The van der Waals surface area contributed by atoms with Crippen LogP contribution in [0, 0.1) is 24.7 Å². The molecule has 0 bridgehead atoms. The Morgan fingerprint density at radius 2 is 1.50 bits per heavy atom. The molecule has 50 heavy (non-hydrogen) atoms. The smallest absolute Gasteiger partial charge is 0.229 e. The van der Waals surface area contributed by atoms with Gasteiger partial charge in [0.25, 0.3) is 0 Å². The number of ether oxygens (including phenoxy) is 4. The standard InChI is InChI=1S/C39H41N5O6/c1-22-10-11-40-18-31(22)33-12-25-13-36(43-39(46)37-29-14-26(45)15-30(29)37)41-19-32(25)38(42-33)44(20-23-6-8-27(47-2)16-34(23)49-4)21-24-7-9-28(48-3)17-35(24)50-5/h6-13,16-19,26,29-30,37,45H,14-15,20-21H2,1-5H3,(H,41,43,46). The van der Waals surface area contributed by atoms with E-state index < -0.39 is 0 Å². The molecule has 2 N–H and O–H groups in total. The zero-order chi connectivity index (χ0) is 34.9. The van der Waals surface area contributed by atoms with Gasteiger partial charge < -0.3 is 34.3 Å². The molecule has 2 aliphatic rings. The van der Waals surface area contributed by atoms with Gasteiger partial charge >= 0.3 is 0 Å². The Balaban J connectivity index is 1.34. The highest BCUT2D eigenvalue weighted by atomic mass is 16.5. The van der Waals surface area contributed by atoms with Crippen LogP contribution in [0.2, 0.25) is 0 Å². The van der Waals surface area contributed by atoms with Crippen LogP contribution in [0.1, 0.15) is 29.5 Å². The van der Waals surface area contributed by atoms with E-state index in [0.29, 0.717) is 60.6 Å². The normalized spacial score (nSPS) is 19.1. The highest BCUT2D eigenvalue weighted by molar-refractivity contribution is 5.99. The van der Waals surface area contributed by atoms with E-state index in [2.05, 4.69) is 15.2 Å². The average Bonchev–Trinajstić information content (AvgIpc) is 3.66. The molecule has 0 aliphatic heterocycles. The summed E-state index contributed by atoms with van der Waals surface area (Å²) in [6, 6.07) is 17.4. The van der Waals surface area contributed by atoms with Crippen molar-refractivity contribution in [2.75, 3.05) is 38.7 Å². The number of carbonyl (C=O) groups is 1. The highest BCUT2D eigenvalue weighted by Crippen LogP contribution is 2.57. The van der Waals surface area contributed by atoms with E-state index in [1.165, 1.54) is 0 Å². The second kappa shape index (κ2) is 13.8. The fourth-order valence-corrected chi connectivity index (χ4v) is 7.30. The molecule has 3 aromatic heterocycles. The summed E-state index contributed by atoms with van der Waals surface area (Å²) in [4.78, 5) is 29.8. The lowest BCUT2D eigenvalue weighted by Gasteiger charge is -2.28. The maximum absolute atomic E-state index is 13.3. The van der Waals surface area contributed by atoms with E-state index in [-0.39, 0.29) is 29.8 Å². The summed E-state index contributed by atoms with van der Waals surface area (Å²) >= 11 is 0. The van der Waals surface area contributed by atoms with Crippen molar-refractivity contribution in [3.63, 3.8) is 0 Å². The van der Waals surface area contributed by atoms with Crippen LogP contribution in [-0.4, -0.2) is 60.5 Å². The number of pyridine rings is 3. The van der Waals surface area contributed by atoms with E-state index in [9.17, 15) is 9.90 Å². The molecule has 2 saturated carbocycles. The molecule has 2 fully saturated rings. The van der Waals surface area contributed by atoms with Crippen LogP contribution in [0.3, 0.4) is 0 Å². The first-order chi connectivity index (χ1) is 24.3. The summed E-state index contributed by atoms with van der Waals surface area (Å²) in [7, 11) is 6.54. The van der Waals surface area contributed by atoms with Gasteiger partial charge in [0.2, 0.25) is 5.91 Å². The average molecular weight is 676 g/mol. The molecule has 2 unspecified atom stereocenters. The maximum atomic E-state index is 13.3. The number of aliphatic hydroxyl groups is 1. The third-order valence-corrected chi connectivity index (χ3v) is 9.99. The molecular weight excluding hydrogens is 634 g/mol. The molecule has 2 atom stereocenters. The molecule has 2 aliphatic carbocycles. The van der Waals surface area contributed by atoms with E-state index in [4.69, 9.17) is 28.9 Å². The van der Waals surface area contributed by atoms with Gasteiger partial charge in [-0.3, -0.25) is 9.78 Å². The molecule has 2 aromatic carbocycles. The lowest BCUT2D eigenvalue weighted by atomic mass is 10.0. The van der Waals surface area contributed by atoms with Crippen molar-refractivity contribution in [3.05, 3.63) is 89.9 Å². The minimum atomic E-state index is -0.299. The van der Waals surface area contributed by atoms with Gasteiger partial charge in [0.05, 0.1) is 40.2 Å². The van der Waals surface area contributed by atoms with Crippen LogP contribution in [-0.2, 0) is 17.9 Å². The molecule has 0 saturated heterocycles. The van der Waals surface area contributed by atoms with Crippen molar-refractivity contribution in [2.24, 2.45) is 17.8 Å². The van der Waals surface area contributed by atoms with Gasteiger partial charge in [-0.15, -0.1) is 0 Å². The third-order valence-electron chi connectivity index (χ3n) is 9.99. The number of carbonyl (C=O) groups excluding carboxylic acids is 1. The molecule has 258 valence electrons. The summed E-state index contributed by atoms with van der Waals surface area (Å²) in [6.45, 7) is 2.88. The lowest BCUT2D eigenvalue weighted by molar-refractivity contribution is -0.118. The van der Waals surface area contributed by atoms with Crippen LogP contribution >= 0.6 is 0 Å². The molecule has 1 amide bonds. The van der Waals surface area contributed by atoms with Gasteiger partial charge in [-0.25, -0.2) is 9.97 Å². The van der Waals surface area contributed by atoms with Gasteiger partial charge in [-0.05, 0) is 85.0 Å². The van der Waals surface area contributed by atoms with Crippen LogP contribution < -0.4 is 29.2 Å². The molecule has 0 spiro atoms. The highest BCUT2D eigenvalue weighted by Gasteiger charge is 2.59. The number of hydrogen-bond acceptors (Lipinski definition) is 10. The Hall–Kier alpha value is -5.42. The molecule has 3 heterocycles. The minimum Gasteiger partial charge on any atom is -0.497 e. The number of methoxy groups -OCH3 is 4. The van der Waals surface area contributed by atoms with Crippen LogP contribution in [0.25, 0.3) is 22.0 Å². The SMILES string of the molecule is COc1ccc(CN(Cc2ccc(OC)cc2OC)c2nc(-c3cnccc3C)cc3cc(NC(=O)C4C5CC(O)CC54)ncc23)c(OC)c1. The predicted molar refractivity (Wildman–Crippen MR) is 191 cm³/mol. The number of nitrogens with one attached hydrogen (secondary N) is 1. The number of anilines is 2. The number of benzene rings is 2. The minimum absolute atomic E-state index is 0.0452. The Kier molecular flexibility index (Phi) is 9.16. The number of nitrogens with zero attached hydrogens (tertiary/aromatic N) is 4. The predicted octanol–water partition coefficient (Wildman–Crippen LogP) is 6.20. The van der Waals surface area contributed by atoms with Crippen LogP contribution in [0.5, 0.6) is 23.0 Å². The van der Waals surface area contributed by atoms with E-state index in [0.717, 1.165) is 38.7 Å². The first-order valence-electron chi connectivity index (χ1n) is 16.7. The Labute approximate surface area is 291 Å². The number of aryl methyl sites for hydroxylation is 1. The molecule has 11 nitrogen and oxygen atoms in total. The number of rotatable bonds is 12. The second-order valence-corrected chi connectivity index (χ2v) is 13.0. The van der Waals surface area contributed by atoms with Crippen molar-refractivity contribution < 1.29 is 28.8 Å². The maximum Gasteiger partial charge on any atom is 0.229 e. The molecule has 5 aromatic rings.